The van der Waals surface area contributed by atoms with E-state index in [0.717, 1.165) is 24.2 Å². The quantitative estimate of drug-likeness (QED) is 0.454. The van der Waals surface area contributed by atoms with Gasteiger partial charge in [0, 0.05) is 12.1 Å². The summed E-state index contributed by atoms with van der Waals surface area (Å²) in [6.07, 6.45) is 1.73. The lowest BCUT2D eigenvalue weighted by molar-refractivity contribution is -0.384. The van der Waals surface area contributed by atoms with Crippen LogP contribution >= 0.6 is 0 Å². The van der Waals surface area contributed by atoms with Gasteiger partial charge in [0.05, 0.1) is 11.5 Å². The first kappa shape index (κ1) is 14.1. The SMILES string of the molecule is Cc1ccc(OCCCc2ccc([N+](=O)[O-])cc2)cc1. The molecular formula is C16H17NO3. The molecule has 4 heteroatoms. The minimum atomic E-state index is -0.385. The molecule has 20 heavy (non-hydrogen) atoms. The number of benzene rings is 2. The molecule has 104 valence electrons. The zero-order valence-corrected chi connectivity index (χ0v) is 11.4. The van der Waals surface area contributed by atoms with Crippen LogP contribution in [0.4, 0.5) is 5.69 Å². The molecular weight excluding hydrogens is 254 g/mol. The molecule has 2 aromatic rings. The van der Waals surface area contributed by atoms with Crippen LogP contribution in [0.5, 0.6) is 5.75 Å². The molecule has 0 N–H and O–H groups in total. The lowest BCUT2D eigenvalue weighted by Crippen LogP contribution is -1.99. The molecule has 0 aliphatic rings. The molecule has 0 heterocycles. The number of rotatable bonds is 6. The summed E-state index contributed by atoms with van der Waals surface area (Å²) in [6.45, 7) is 2.68. The van der Waals surface area contributed by atoms with E-state index in [0.29, 0.717) is 6.61 Å². The van der Waals surface area contributed by atoms with E-state index < -0.39 is 0 Å². The normalized spacial score (nSPS) is 10.2. The third kappa shape index (κ3) is 4.09. The Morgan fingerprint density at radius 2 is 1.70 bits per heavy atom. The first-order valence-corrected chi connectivity index (χ1v) is 6.58. The van der Waals surface area contributed by atoms with E-state index in [-0.39, 0.29) is 10.6 Å². The second-order valence-corrected chi connectivity index (χ2v) is 4.69. The highest BCUT2D eigenvalue weighted by Gasteiger charge is 2.03. The topological polar surface area (TPSA) is 52.4 Å². The van der Waals surface area contributed by atoms with E-state index in [1.807, 2.05) is 31.2 Å². The molecule has 0 atom stereocenters. The highest BCUT2D eigenvalue weighted by Crippen LogP contribution is 2.14. The highest BCUT2D eigenvalue weighted by molar-refractivity contribution is 5.32. The molecule has 0 aliphatic heterocycles. The van der Waals surface area contributed by atoms with Crippen molar-refractivity contribution in [3.8, 4) is 5.75 Å². The number of aryl methyl sites for hydroxylation is 2. The number of ether oxygens (including phenoxy) is 1. The lowest BCUT2D eigenvalue weighted by Gasteiger charge is -2.06. The standard InChI is InChI=1S/C16H17NO3/c1-13-4-10-16(11-5-13)20-12-2-3-14-6-8-15(9-7-14)17(18)19/h4-11H,2-3,12H2,1H3. The van der Waals surface area contributed by atoms with E-state index >= 15 is 0 Å². The Morgan fingerprint density at radius 1 is 1.05 bits per heavy atom. The number of nitro groups is 1. The van der Waals surface area contributed by atoms with Gasteiger partial charge < -0.3 is 4.74 Å². The minimum Gasteiger partial charge on any atom is -0.494 e. The van der Waals surface area contributed by atoms with Gasteiger partial charge in [0.15, 0.2) is 0 Å². The Morgan fingerprint density at radius 3 is 2.30 bits per heavy atom. The van der Waals surface area contributed by atoms with Crippen LogP contribution in [0, 0.1) is 17.0 Å². The number of hydrogen-bond acceptors (Lipinski definition) is 3. The van der Waals surface area contributed by atoms with Crippen LogP contribution in [-0.4, -0.2) is 11.5 Å². The van der Waals surface area contributed by atoms with E-state index in [1.165, 1.54) is 17.7 Å². The van der Waals surface area contributed by atoms with E-state index in [2.05, 4.69) is 0 Å². The monoisotopic (exact) mass is 271 g/mol. The number of nitrogens with zero attached hydrogens (tertiary/aromatic N) is 1. The van der Waals surface area contributed by atoms with Gasteiger partial charge in [-0.15, -0.1) is 0 Å². The Labute approximate surface area is 118 Å². The summed E-state index contributed by atoms with van der Waals surface area (Å²) >= 11 is 0. The van der Waals surface area contributed by atoms with Gasteiger partial charge in [0.1, 0.15) is 5.75 Å². The number of non-ortho nitro benzene ring substituents is 1. The predicted molar refractivity (Wildman–Crippen MR) is 78.1 cm³/mol. The predicted octanol–water partition coefficient (Wildman–Crippen LogP) is 3.91. The molecule has 0 radical (unpaired) electrons. The van der Waals surface area contributed by atoms with Crippen molar-refractivity contribution in [3.05, 3.63) is 69.8 Å². The van der Waals surface area contributed by atoms with Crippen molar-refractivity contribution in [2.45, 2.75) is 19.8 Å². The van der Waals surface area contributed by atoms with Crippen LogP contribution in [0.15, 0.2) is 48.5 Å². The van der Waals surface area contributed by atoms with Gasteiger partial charge in [0.25, 0.3) is 5.69 Å². The summed E-state index contributed by atoms with van der Waals surface area (Å²) < 4.78 is 5.64. The summed E-state index contributed by atoms with van der Waals surface area (Å²) in [5, 5.41) is 10.5. The number of hydrogen-bond donors (Lipinski definition) is 0. The molecule has 0 aromatic heterocycles. The minimum absolute atomic E-state index is 0.129. The Kier molecular flexibility index (Phi) is 4.71. The number of nitro benzene ring substituents is 1. The van der Waals surface area contributed by atoms with Crippen LogP contribution in [-0.2, 0) is 6.42 Å². The van der Waals surface area contributed by atoms with Crippen molar-refractivity contribution in [2.75, 3.05) is 6.61 Å². The van der Waals surface area contributed by atoms with Gasteiger partial charge in [-0.3, -0.25) is 10.1 Å². The molecule has 0 amide bonds. The maximum atomic E-state index is 10.5. The summed E-state index contributed by atoms with van der Waals surface area (Å²) in [4.78, 5) is 10.2. The van der Waals surface area contributed by atoms with E-state index in [9.17, 15) is 10.1 Å². The maximum absolute atomic E-state index is 10.5. The van der Waals surface area contributed by atoms with Crippen molar-refractivity contribution in [3.63, 3.8) is 0 Å². The van der Waals surface area contributed by atoms with Crippen LogP contribution in [0.2, 0.25) is 0 Å². The van der Waals surface area contributed by atoms with Gasteiger partial charge in [-0.25, -0.2) is 0 Å². The van der Waals surface area contributed by atoms with Gasteiger partial charge in [-0.05, 0) is 37.5 Å². The van der Waals surface area contributed by atoms with E-state index in [1.54, 1.807) is 12.1 Å². The Balaban J connectivity index is 1.75. The zero-order valence-electron chi connectivity index (χ0n) is 11.4. The molecule has 4 nitrogen and oxygen atoms in total. The maximum Gasteiger partial charge on any atom is 0.269 e. The first-order valence-electron chi connectivity index (χ1n) is 6.58. The van der Waals surface area contributed by atoms with Crippen molar-refractivity contribution in [2.24, 2.45) is 0 Å². The third-order valence-electron chi connectivity index (χ3n) is 3.05. The molecule has 2 rings (SSSR count). The molecule has 0 saturated heterocycles. The van der Waals surface area contributed by atoms with E-state index in [4.69, 9.17) is 4.74 Å². The average Bonchev–Trinajstić information content (AvgIpc) is 2.46. The summed E-state index contributed by atoms with van der Waals surface area (Å²) in [7, 11) is 0. The zero-order chi connectivity index (χ0) is 14.4. The summed E-state index contributed by atoms with van der Waals surface area (Å²) in [5.41, 5.74) is 2.43. The smallest absolute Gasteiger partial charge is 0.269 e. The summed E-state index contributed by atoms with van der Waals surface area (Å²) in [5.74, 6) is 0.874. The molecule has 2 aromatic carbocycles. The first-order chi connectivity index (χ1) is 9.65. The lowest BCUT2D eigenvalue weighted by atomic mass is 10.1. The Hall–Kier alpha value is -2.36. The molecule has 0 bridgehead atoms. The van der Waals surface area contributed by atoms with Gasteiger partial charge >= 0.3 is 0 Å². The van der Waals surface area contributed by atoms with Gasteiger partial charge in [-0.2, -0.15) is 0 Å². The highest BCUT2D eigenvalue weighted by atomic mass is 16.6. The van der Waals surface area contributed by atoms with Crippen LogP contribution in [0.1, 0.15) is 17.5 Å². The van der Waals surface area contributed by atoms with Crippen LogP contribution in [0.3, 0.4) is 0 Å². The van der Waals surface area contributed by atoms with Gasteiger partial charge in [-0.1, -0.05) is 29.8 Å². The molecule has 0 aliphatic carbocycles. The summed E-state index contributed by atoms with van der Waals surface area (Å²) in [6, 6.07) is 14.6. The van der Waals surface area contributed by atoms with Crippen molar-refractivity contribution in [1.82, 2.24) is 0 Å². The average molecular weight is 271 g/mol. The van der Waals surface area contributed by atoms with Crippen LogP contribution < -0.4 is 4.74 Å². The van der Waals surface area contributed by atoms with Crippen molar-refractivity contribution >= 4 is 5.69 Å². The largest absolute Gasteiger partial charge is 0.494 e. The molecule has 0 unspecified atom stereocenters. The second kappa shape index (κ2) is 6.70. The Bertz CT molecular complexity index is 561. The van der Waals surface area contributed by atoms with Crippen molar-refractivity contribution in [1.29, 1.82) is 0 Å². The van der Waals surface area contributed by atoms with Gasteiger partial charge in [0.2, 0.25) is 0 Å². The van der Waals surface area contributed by atoms with Crippen molar-refractivity contribution < 1.29 is 9.66 Å². The molecule has 0 fully saturated rings. The third-order valence-corrected chi connectivity index (χ3v) is 3.05. The molecule has 0 saturated carbocycles. The molecule has 0 spiro atoms. The van der Waals surface area contributed by atoms with Crippen LogP contribution in [0.25, 0.3) is 0 Å². The fourth-order valence-electron chi connectivity index (χ4n) is 1.89. The second-order valence-electron chi connectivity index (χ2n) is 4.69. The fourth-order valence-corrected chi connectivity index (χ4v) is 1.89. The fraction of sp³-hybridized carbons (Fsp3) is 0.250.